The summed E-state index contributed by atoms with van der Waals surface area (Å²) >= 11 is 0. The van der Waals surface area contributed by atoms with Crippen molar-refractivity contribution in [2.24, 2.45) is 0 Å². The minimum Gasteiger partial charge on any atom is -0.424 e. The van der Waals surface area contributed by atoms with Gasteiger partial charge in [0.05, 0.1) is 19.3 Å². The SMILES string of the molecule is C1CC[C@H]2[C@@H](C1)OCCN2Cc1nnc(C2CC2)o1. The van der Waals surface area contributed by atoms with Gasteiger partial charge in [-0.3, -0.25) is 4.90 Å². The van der Waals surface area contributed by atoms with E-state index in [2.05, 4.69) is 15.1 Å². The van der Waals surface area contributed by atoms with Crippen molar-refractivity contribution in [3.8, 4) is 0 Å². The van der Waals surface area contributed by atoms with E-state index in [1.165, 1.54) is 38.5 Å². The first-order valence-electron chi connectivity index (χ1n) is 7.58. The lowest BCUT2D eigenvalue weighted by Gasteiger charge is -2.43. The molecule has 0 N–H and O–H groups in total. The zero-order chi connectivity index (χ0) is 12.7. The highest BCUT2D eigenvalue weighted by Crippen LogP contribution is 2.39. The van der Waals surface area contributed by atoms with Crippen molar-refractivity contribution >= 4 is 0 Å². The quantitative estimate of drug-likeness (QED) is 0.835. The van der Waals surface area contributed by atoms with Crippen LogP contribution >= 0.6 is 0 Å². The highest BCUT2D eigenvalue weighted by molar-refractivity contribution is 5.00. The summed E-state index contributed by atoms with van der Waals surface area (Å²) in [7, 11) is 0. The molecule has 5 nitrogen and oxygen atoms in total. The van der Waals surface area contributed by atoms with Crippen LogP contribution in [0.2, 0.25) is 0 Å². The lowest BCUT2D eigenvalue weighted by atomic mass is 9.90. The number of morpholine rings is 1. The summed E-state index contributed by atoms with van der Waals surface area (Å²) < 4.78 is 11.7. The first kappa shape index (κ1) is 11.9. The third-order valence-electron chi connectivity index (χ3n) is 4.59. The molecule has 1 aromatic rings. The molecule has 0 radical (unpaired) electrons. The first-order valence-corrected chi connectivity index (χ1v) is 7.58. The maximum Gasteiger partial charge on any atom is 0.230 e. The molecule has 2 atom stereocenters. The highest BCUT2D eigenvalue weighted by atomic mass is 16.5. The molecule has 5 heteroatoms. The average Bonchev–Trinajstić information content (AvgIpc) is 3.20. The standard InChI is InChI=1S/C14H21N3O2/c1-2-4-12-11(3-1)17(7-8-18-12)9-13-15-16-14(19-13)10-5-6-10/h10-12H,1-9H2/t11-,12+/m0/s1. The molecule has 2 heterocycles. The Morgan fingerprint density at radius 3 is 2.89 bits per heavy atom. The van der Waals surface area contributed by atoms with Crippen molar-refractivity contribution in [1.29, 1.82) is 0 Å². The molecule has 0 aromatic carbocycles. The van der Waals surface area contributed by atoms with Gasteiger partial charge in [-0.05, 0) is 25.7 Å². The van der Waals surface area contributed by atoms with E-state index >= 15 is 0 Å². The van der Waals surface area contributed by atoms with Crippen molar-refractivity contribution in [3.05, 3.63) is 11.8 Å². The van der Waals surface area contributed by atoms with Gasteiger partial charge >= 0.3 is 0 Å². The minimum absolute atomic E-state index is 0.424. The van der Waals surface area contributed by atoms with E-state index in [9.17, 15) is 0 Å². The Labute approximate surface area is 113 Å². The topological polar surface area (TPSA) is 51.4 Å². The molecule has 3 fully saturated rings. The second-order valence-electron chi connectivity index (χ2n) is 6.04. The van der Waals surface area contributed by atoms with Crippen LogP contribution in [0.4, 0.5) is 0 Å². The normalized spacial score (nSPS) is 32.2. The largest absolute Gasteiger partial charge is 0.424 e. The van der Waals surface area contributed by atoms with Crippen molar-refractivity contribution in [2.45, 2.75) is 63.1 Å². The van der Waals surface area contributed by atoms with Crippen LogP contribution in [0.3, 0.4) is 0 Å². The Morgan fingerprint density at radius 2 is 2.00 bits per heavy atom. The van der Waals surface area contributed by atoms with Gasteiger partial charge in [0, 0.05) is 18.5 Å². The molecule has 0 bridgehead atoms. The third-order valence-corrected chi connectivity index (χ3v) is 4.59. The van der Waals surface area contributed by atoms with Crippen molar-refractivity contribution < 1.29 is 9.15 Å². The number of fused-ring (bicyclic) bond motifs is 1. The molecular formula is C14H21N3O2. The first-order chi connectivity index (χ1) is 9.40. The maximum atomic E-state index is 5.89. The number of rotatable bonds is 3. The monoisotopic (exact) mass is 263 g/mol. The van der Waals surface area contributed by atoms with Gasteiger partial charge in [0.2, 0.25) is 11.8 Å². The summed E-state index contributed by atoms with van der Waals surface area (Å²) in [4.78, 5) is 2.48. The van der Waals surface area contributed by atoms with Crippen LogP contribution in [0, 0.1) is 0 Å². The number of nitrogens with zero attached hydrogens (tertiary/aromatic N) is 3. The number of hydrogen-bond acceptors (Lipinski definition) is 5. The summed E-state index contributed by atoms with van der Waals surface area (Å²) in [5.41, 5.74) is 0. The lowest BCUT2D eigenvalue weighted by molar-refractivity contribution is -0.0931. The molecule has 0 unspecified atom stereocenters. The Hall–Kier alpha value is -0.940. The fourth-order valence-electron chi connectivity index (χ4n) is 3.37. The van der Waals surface area contributed by atoms with Gasteiger partial charge < -0.3 is 9.15 Å². The van der Waals surface area contributed by atoms with Crippen LogP contribution in [0.1, 0.15) is 56.2 Å². The van der Waals surface area contributed by atoms with Gasteiger partial charge in [0.1, 0.15) is 0 Å². The van der Waals surface area contributed by atoms with Gasteiger partial charge in [-0.15, -0.1) is 10.2 Å². The summed E-state index contributed by atoms with van der Waals surface area (Å²) in [5, 5.41) is 8.38. The predicted molar refractivity (Wildman–Crippen MR) is 68.7 cm³/mol. The van der Waals surface area contributed by atoms with Crippen molar-refractivity contribution in [3.63, 3.8) is 0 Å². The smallest absolute Gasteiger partial charge is 0.230 e. The van der Waals surface area contributed by atoms with E-state index in [-0.39, 0.29) is 0 Å². The molecule has 1 aliphatic heterocycles. The Kier molecular flexibility index (Phi) is 3.04. The van der Waals surface area contributed by atoms with E-state index in [1.807, 2.05) is 0 Å². The van der Waals surface area contributed by atoms with Gasteiger partial charge in [-0.2, -0.15) is 0 Å². The third kappa shape index (κ3) is 2.41. The Morgan fingerprint density at radius 1 is 1.11 bits per heavy atom. The molecule has 1 saturated heterocycles. The van der Waals surface area contributed by atoms with Crippen LogP contribution in [0.25, 0.3) is 0 Å². The molecule has 4 rings (SSSR count). The minimum atomic E-state index is 0.424. The summed E-state index contributed by atoms with van der Waals surface area (Å²) in [6, 6.07) is 0.554. The molecule has 1 aromatic heterocycles. The van der Waals surface area contributed by atoms with Gasteiger partial charge in [-0.1, -0.05) is 12.8 Å². The van der Waals surface area contributed by atoms with E-state index in [1.54, 1.807) is 0 Å². The molecule has 2 saturated carbocycles. The van der Waals surface area contributed by atoms with E-state index < -0.39 is 0 Å². The van der Waals surface area contributed by atoms with Crippen LogP contribution in [0.5, 0.6) is 0 Å². The van der Waals surface area contributed by atoms with Gasteiger partial charge in [0.15, 0.2) is 0 Å². The molecule has 0 amide bonds. The van der Waals surface area contributed by atoms with E-state index in [0.717, 1.165) is 31.5 Å². The molecule has 2 aliphatic carbocycles. The molecule has 104 valence electrons. The second-order valence-corrected chi connectivity index (χ2v) is 6.04. The fraction of sp³-hybridized carbons (Fsp3) is 0.857. The second kappa shape index (κ2) is 4.87. The molecular weight excluding hydrogens is 242 g/mol. The van der Waals surface area contributed by atoms with E-state index in [0.29, 0.717) is 18.1 Å². The highest BCUT2D eigenvalue weighted by Gasteiger charge is 2.35. The van der Waals surface area contributed by atoms with E-state index in [4.69, 9.17) is 9.15 Å². The summed E-state index contributed by atoms with van der Waals surface area (Å²) in [5.74, 6) is 2.19. The molecule has 19 heavy (non-hydrogen) atoms. The maximum absolute atomic E-state index is 5.89. The van der Waals surface area contributed by atoms with Crippen molar-refractivity contribution in [2.75, 3.05) is 13.2 Å². The molecule has 0 spiro atoms. The zero-order valence-electron chi connectivity index (χ0n) is 11.3. The fourth-order valence-corrected chi connectivity index (χ4v) is 3.37. The van der Waals surface area contributed by atoms with Crippen LogP contribution in [-0.4, -0.2) is 40.4 Å². The van der Waals surface area contributed by atoms with Gasteiger partial charge in [0.25, 0.3) is 0 Å². The van der Waals surface area contributed by atoms with Crippen LogP contribution in [0.15, 0.2) is 4.42 Å². The average molecular weight is 263 g/mol. The molecule has 3 aliphatic rings. The van der Waals surface area contributed by atoms with Crippen LogP contribution < -0.4 is 0 Å². The van der Waals surface area contributed by atoms with Gasteiger partial charge in [-0.25, -0.2) is 0 Å². The Bertz CT molecular complexity index is 442. The zero-order valence-corrected chi connectivity index (χ0v) is 11.3. The summed E-state index contributed by atoms with van der Waals surface area (Å²) in [6.45, 7) is 2.62. The number of ether oxygens (including phenoxy) is 1. The number of aromatic nitrogens is 2. The summed E-state index contributed by atoms with van der Waals surface area (Å²) in [6.07, 6.45) is 7.92. The lowest BCUT2D eigenvalue weighted by Crippen LogP contribution is -2.52. The Balaban J connectivity index is 1.44. The number of hydrogen-bond donors (Lipinski definition) is 0. The predicted octanol–water partition coefficient (Wildman–Crippen LogP) is 2.09. The van der Waals surface area contributed by atoms with Crippen LogP contribution in [-0.2, 0) is 11.3 Å². The van der Waals surface area contributed by atoms with Crippen molar-refractivity contribution in [1.82, 2.24) is 15.1 Å².